The van der Waals surface area contributed by atoms with Crippen LogP contribution in [0.25, 0.3) is 0 Å². The summed E-state index contributed by atoms with van der Waals surface area (Å²) in [6, 6.07) is 10.1. The highest BCUT2D eigenvalue weighted by molar-refractivity contribution is 5.94. The number of Topliss-reactive ketones (excluding diaryl/α,β-unsaturated/α-hetero) is 1. The highest BCUT2D eigenvalue weighted by atomic mass is 16.5. The van der Waals surface area contributed by atoms with E-state index in [9.17, 15) is 14.4 Å². The molecule has 0 spiro atoms. The standard InChI is InChI=1S/C21H24N2O6/c1-13-5-7-17(9-14(13)2)28-11-20(25)22-23-21(26)12-29-18-8-6-16(15(3)24)10-19(18)27-4/h5-10H,11-12H2,1-4H3,(H,22,25)(H,23,26). The Kier molecular flexibility index (Phi) is 7.59. The van der Waals surface area contributed by atoms with Crippen LogP contribution < -0.4 is 25.1 Å². The van der Waals surface area contributed by atoms with E-state index in [1.165, 1.54) is 20.1 Å². The monoisotopic (exact) mass is 400 g/mol. The van der Waals surface area contributed by atoms with Crippen LogP contribution in [0, 0.1) is 13.8 Å². The Morgan fingerprint density at radius 3 is 2.07 bits per heavy atom. The Balaban J connectivity index is 1.77. The Labute approximate surface area is 169 Å². The maximum Gasteiger partial charge on any atom is 0.276 e. The van der Waals surface area contributed by atoms with Crippen molar-refractivity contribution in [3.63, 3.8) is 0 Å². The minimum absolute atomic E-state index is 0.113. The second-order valence-corrected chi connectivity index (χ2v) is 6.34. The molecule has 0 aromatic heterocycles. The molecule has 2 amide bonds. The molecule has 0 aliphatic heterocycles. The zero-order chi connectivity index (χ0) is 21.4. The number of carbonyl (C=O) groups excluding carboxylic acids is 3. The third kappa shape index (κ3) is 6.53. The SMILES string of the molecule is COc1cc(C(C)=O)ccc1OCC(=O)NNC(=O)COc1ccc(C)c(C)c1. The lowest BCUT2D eigenvalue weighted by molar-refractivity contribution is -0.131. The normalized spacial score (nSPS) is 10.1. The minimum Gasteiger partial charge on any atom is -0.493 e. The molecule has 29 heavy (non-hydrogen) atoms. The van der Waals surface area contributed by atoms with Gasteiger partial charge in [-0.05, 0) is 62.2 Å². The number of carbonyl (C=O) groups is 3. The molecular weight excluding hydrogens is 376 g/mol. The van der Waals surface area contributed by atoms with E-state index in [1.807, 2.05) is 26.0 Å². The fraction of sp³-hybridized carbons (Fsp3) is 0.286. The Bertz CT molecular complexity index is 910. The van der Waals surface area contributed by atoms with Crippen molar-refractivity contribution in [2.75, 3.05) is 20.3 Å². The van der Waals surface area contributed by atoms with Crippen molar-refractivity contribution >= 4 is 17.6 Å². The molecule has 0 aliphatic rings. The lowest BCUT2D eigenvalue weighted by Gasteiger charge is -2.12. The molecule has 2 rings (SSSR count). The molecule has 154 valence electrons. The maximum absolute atomic E-state index is 11.9. The third-order valence-corrected chi connectivity index (χ3v) is 4.12. The van der Waals surface area contributed by atoms with E-state index >= 15 is 0 Å². The molecule has 0 aliphatic carbocycles. The number of methoxy groups -OCH3 is 1. The van der Waals surface area contributed by atoms with Gasteiger partial charge in [0.25, 0.3) is 11.8 Å². The average molecular weight is 400 g/mol. The second-order valence-electron chi connectivity index (χ2n) is 6.34. The number of benzene rings is 2. The van der Waals surface area contributed by atoms with Crippen LogP contribution in [-0.4, -0.2) is 37.9 Å². The summed E-state index contributed by atoms with van der Waals surface area (Å²) >= 11 is 0. The van der Waals surface area contributed by atoms with Crippen molar-refractivity contribution in [3.8, 4) is 17.2 Å². The molecule has 0 radical (unpaired) electrons. The Hall–Kier alpha value is -3.55. The highest BCUT2D eigenvalue weighted by Crippen LogP contribution is 2.28. The third-order valence-electron chi connectivity index (χ3n) is 4.12. The van der Waals surface area contributed by atoms with Gasteiger partial charge in [-0.25, -0.2) is 0 Å². The van der Waals surface area contributed by atoms with Gasteiger partial charge in [0.05, 0.1) is 7.11 Å². The maximum atomic E-state index is 11.9. The second kappa shape index (κ2) is 10.1. The number of aryl methyl sites for hydroxylation is 2. The fourth-order valence-corrected chi connectivity index (χ4v) is 2.31. The first kappa shape index (κ1) is 21.7. The van der Waals surface area contributed by atoms with Gasteiger partial charge in [-0.15, -0.1) is 0 Å². The molecule has 8 heteroatoms. The topological polar surface area (TPSA) is 103 Å². The molecule has 2 aromatic carbocycles. The number of rotatable bonds is 8. The molecule has 0 bridgehead atoms. The summed E-state index contributed by atoms with van der Waals surface area (Å²) in [6.07, 6.45) is 0. The van der Waals surface area contributed by atoms with E-state index in [-0.39, 0.29) is 19.0 Å². The highest BCUT2D eigenvalue weighted by Gasteiger charge is 2.11. The van der Waals surface area contributed by atoms with Gasteiger partial charge in [0.1, 0.15) is 5.75 Å². The van der Waals surface area contributed by atoms with Crippen LogP contribution in [0.1, 0.15) is 28.4 Å². The molecule has 0 saturated carbocycles. The number of amides is 2. The van der Waals surface area contributed by atoms with E-state index in [0.717, 1.165) is 11.1 Å². The first-order valence-electron chi connectivity index (χ1n) is 8.89. The molecule has 0 unspecified atom stereocenters. The van der Waals surface area contributed by atoms with Crippen molar-refractivity contribution in [1.82, 2.24) is 10.9 Å². The van der Waals surface area contributed by atoms with Gasteiger partial charge in [0, 0.05) is 5.56 Å². The zero-order valence-electron chi connectivity index (χ0n) is 16.8. The molecule has 2 N–H and O–H groups in total. The lowest BCUT2D eigenvalue weighted by atomic mass is 10.1. The Morgan fingerprint density at radius 1 is 0.828 bits per heavy atom. The van der Waals surface area contributed by atoms with Crippen molar-refractivity contribution in [2.24, 2.45) is 0 Å². The number of hydrazine groups is 1. The van der Waals surface area contributed by atoms with Crippen LogP contribution in [0.4, 0.5) is 0 Å². The minimum atomic E-state index is -0.567. The number of nitrogens with one attached hydrogen (secondary N) is 2. The van der Waals surface area contributed by atoms with E-state index in [0.29, 0.717) is 22.8 Å². The average Bonchev–Trinajstić information content (AvgIpc) is 2.71. The number of hydrogen-bond acceptors (Lipinski definition) is 6. The molecule has 0 atom stereocenters. The van der Waals surface area contributed by atoms with Crippen molar-refractivity contribution in [1.29, 1.82) is 0 Å². The van der Waals surface area contributed by atoms with Crippen LogP contribution in [0.2, 0.25) is 0 Å². The summed E-state index contributed by atoms with van der Waals surface area (Å²) in [5, 5.41) is 0. The summed E-state index contributed by atoms with van der Waals surface area (Å²) in [5.74, 6) is 0.00732. The van der Waals surface area contributed by atoms with E-state index in [4.69, 9.17) is 14.2 Å². The summed E-state index contributed by atoms with van der Waals surface area (Å²) in [4.78, 5) is 35.1. The molecule has 0 fully saturated rings. The smallest absolute Gasteiger partial charge is 0.276 e. The number of hydrogen-bond donors (Lipinski definition) is 2. The fourth-order valence-electron chi connectivity index (χ4n) is 2.31. The summed E-state index contributed by atoms with van der Waals surface area (Å²) in [6.45, 7) is 4.77. The van der Waals surface area contributed by atoms with Gasteiger partial charge in [-0.1, -0.05) is 6.07 Å². The largest absolute Gasteiger partial charge is 0.493 e. The van der Waals surface area contributed by atoms with Gasteiger partial charge >= 0.3 is 0 Å². The zero-order valence-corrected chi connectivity index (χ0v) is 16.8. The van der Waals surface area contributed by atoms with Crippen LogP contribution >= 0.6 is 0 Å². The van der Waals surface area contributed by atoms with Gasteiger partial charge in [0.2, 0.25) is 0 Å². The van der Waals surface area contributed by atoms with Crippen LogP contribution in [0.3, 0.4) is 0 Å². The summed E-state index contributed by atoms with van der Waals surface area (Å²) in [5.41, 5.74) is 7.14. The Morgan fingerprint density at radius 2 is 1.48 bits per heavy atom. The van der Waals surface area contributed by atoms with Gasteiger partial charge in [-0.3, -0.25) is 25.2 Å². The lowest BCUT2D eigenvalue weighted by Crippen LogP contribution is -2.45. The molecule has 8 nitrogen and oxygen atoms in total. The first-order chi connectivity index (χ1) is 13.8. The summed E-state index contributed by atoms with van der Waals surface area (Å²) in [7, 11) is 1.43. The quantitative estimate of drug-likeness (QED) is 0.520. The molecule has 0 saturated heterocycles. The van der Waals surface area contributed by atoms with Crippen LogP contribution in [-0.2, 0) is 9.59 Å². The van der Waals surface area contributed by atoms with E-state index in [2.05, 4.69) is 10.9 Å². The van der Waals surface area contributed by atoms with Crippen molar-refractivity contribution in [3.05, 3.63) is 53.1 Å². The van der Waals surface area contributed by atoms with Gasteiger partial charge in [0.15, 0.2) is 30.5 Å². The first-order valence-corrected chi connectivity index (χ1v) is 8.89. The number of ether oxygens (including phenoxy) is 3. The van der Waals surface area contributed by atoms with E-state index in [1.54, 1.807) is 18.2 Å². The summed E-state index contributed by atoms with van der Waals surface area (Å²) < 4.78 is 15.9. The van der Waals surface area contributed by atoms with Crippen LogP contribution in [0.5, 0.6) is 17.2 Å². The number of ketones is 1. The van der Waals surface area contributed by atoms with Gasteiger partial charge in [-0.2, -0.15) is 0 Å². The van der Waals surface area contributed by atoms with Crippen molar-refractivity contribution < 1.29 is 28.6 Å². The van der Waals surface area contributed by atoms with Crippen molar-refractivity contribution in [2.45, 2.75) is 20.8 Å². The molecule has 0 heterocycles. The predicted octanol–water partition coefficient (Wildman–Crippen LogP) is 2.12. The predicted molar refractivity (Wildman–Crippen MR) is 106 cm³/mol. The molecular formula is C21H24N2O6. The van der Waals surface area contributed by atoms with Crippen LogP contribution in [0.15, 0.2) is 36.4 Å². The molecule has 2 aromatic rings. The van der Waals surface area contributed by atoms with Gasteiger partial charge < -0.3 is 14.2 Å². The van der Waals surface area contributed by atoms with E-state index < -0.39 is 11.8 Å².